The van der Waals surface area contributed by atoms with Gasteiger partial charge in [0.25, 0.3) is 0 Å². The Morgan fingerprint density at radius 3 is 2.68 bits per heavy atom. The zero-order chi connectivity index (χ0) is 21.1. The van der Waals surface area contributed by atoms with Gasteiger partial charge in [0.15, 0.2) is 11.8 Å². The Bertz CT molecular complexity index is 866. The highest BCUT2D eigenvalue weighted by Gasteiger charge is 2.41. The van der Waals surface area contributed by atoms with E-state index in [1.54, 1.807) is 0 Å². The number of nitrogens with one attached hydrogen (secondary N) is 1. The van der Waals surface area contributed by atoms with E-state index in [9.17, 15) is 0 Å². The number of aliphatic imine (C=N–C) groups is 1. The minimum Gasteiger partial charge on any atom is -0.373 e. The molecule has 0 radical (unpaired) electrons. The van der Waals surface area contributed by atoms with Crippen molar-refractivity contribution in [2.75, 3.05) is 33.3 Å². The van der Waals surface area contributed by atoms with Crippen molar-refractivity contribution in [3.63, 3.8) is 0 Å². The van der Waals surface area contributed by atoms with Crippen LogP contribution in [0.4, 0.5) is 0 Å². The van der Waals surface area contributed by atoms with E-state index < -0.39 is 0 Å². The number of nitrogens with zero attached hydrogens (tertiary/aromatic N) is 5. The summed E-state index contributed by atoms with van der Waals surface area (Å²) in [6.07, 6.45) is 0.193. The van der Waals surface area contributed by atoms with Crippen LogP contribution in [0.1, 0.15) is 38.0 Å². The van der Waals surface area contributed by atoms with Crippen molar-refractivity contribution in [1.82, 2.24) is 25.3 Å². The molecule has 2 fully saturated rings. The quantitative estimate of drug-likeness (QED) is 0.363. The molecular weight excluding hydrogens is 507 g/mol. The fourth-order valence-corrected chi connectivity index (χ4v) is 4.07. The van der Waals surface area contributed by atoms with E-state index in [1.165, 1.54) is 5.56 Å². The number of morpholine rings is 1. The van der Waals surface area contributed by atoms with Gasteiger partial charge in [-0.2, -0.15) is 4.98 Å². The SMILES string of the molecule is CN=C(NCc1noc(C(C)(C)C)n1)N1CC2OCCN(Cc3ccccc3)C2C1.I. The van der Waals surface area contributed by atoms with Gasteiger partial charge in [-0.3, -0.25) is 9.89 Å². The van der Waals surface area contributed by atoms with Gasteiger partial charge in [0, 0.05) is 38.6 Å². The second-order valence-electron chi connectivity index (χ2n) is 9.00. The van der Waals surface area contributed by atoms with Crippen molar-refractivity contribution < 1.29 is 9.26 Å². The molecule has 2 saturated heterocycles. The summed E-state index contributed by atoms with van der Waals surface area (Å²) in [7, 11) is 1.81. The number of guanidine groups is 1. The first-order valence-electron chi connectivity index (χ1n) is 10.6. The number of rotatable bonds is 4. The van der Waals surface area contributed by atoms with Crippen molar-refractivity contribution in [2.24, 2.45) is 4.99 Å². The third-order valence-corrected chi connectivity index (χ3v) is 5.67. The van der Waals surface area contributed by atoms with Gasteiger partial charge in [-0.15, -0.1) is 24.0 Å². The summed E-state index contributed by atoms with van der Waals surface area (Å²) in [4.78, 5) is 13.8. The fourth-order valence-electron chi connectivity index (χ4n) is 4.07. The number of ether oxygens (including phenoxy) is 1. The Hall–Kier alpha value is -1.72. The van der Waals surface area contributed by atoms with Gasteiger partial charge in [0.2, 0.25) is 5.89 Å². The summed E-state index contributed by atoms with van der Waals surface area (Å²) < 4.78 is 11.5. The maximum absolute atomic E-state index is 6.09. The highest BCUT2D eigenvalue weighted by atomic mass is 127. The molecule has 2 aromatic rings. The third-order valence-electron chi connectivity index (χ3n) is 5.67. The van der Waals surface area contributed by atoms with E-state index in [1.807, 2.05) is 7.05 Å². The number of halogens is 1. The van der Waals surface area contributed by atoms with Crippen molar-refractivity contribution in [2.45, 2.75) is 51.4 Å². The Balaban J connectivity index is 0.00000272. The molecule has 170 valence electrons. The summed E-state index contributed by atoms with van der Waals surface area (Å²) in [5.74, 6) is 2.13. The third kappa shape index (κ3) is 5.75. The molecule has 31 heavy (non-hydrogen) atoms. The van der Waals surface area contributed by atoms with Gasteiger partial charge >= 0.3 is 0 Å². The lowest BCUT2D eigenvalue weighted by Crippen LogP contribution is -2.50. The molecule has 3 heterocycles. The second-order valence-corrected chi connectivity index (χ2v) is 9.00. The first kappa shape index (κ1) is 23.9. The van der Waals surface area contributed by atoms with E-state index in [0.29, 0.717) is 24.3 Å². The van der Waals surface area contributed by atoms with E-state index in [4.69, 9.17) is 9.26 Å². The molecule has 0 saturated carbocycles. The number of benzene rings is 1. The van der Waals surface area contributed by atoms with Gasteiger partial charge < -0.3 is 19.5 Å². The summed E-state index contributed by atoms with van der Waals surface area (Å²) >= 11 is 0. The smallest absolute Gasteiger partial charge is 0.232 e. The largest absolute Gasteiger partial charge is 0.373 e. The summed E-state index contributed by atoms with van der Waals surface area (Å²) in [5, 5.41) is 7.48. The Morgan fingerprint density at radius 2 is 2.00 bits per heavy atom. The lowest BCUT2D eigenvalue weighted by molar-refractivity contribution is -0.0502. The van der Waals surface area contributed by atoms with Crippen LogP contribution in [0.25, 0.3) is 0 Å². The van der Waals surface area contributed by atoms with Gasteiger partial charge in [-0.05, 0) is 5.56 Å². The molecule has 2 aliphatic heterocycles. The van der Waals surface area contributed by atoms with E-state index >= 15 is 0 Å². The van der Waals surface area contributed by atoms with Gasteiger partial charge in [-0.1, -0.05) is 56.3 Å². The fraction of sp³-hybridized carbons (Fsp3) is 0.591. The predicted molar refractivity (Wildman–Crippen MR) is 131 cm³/mol. The molecule has 0 aliphatic carbocycles. The van der Waals surface area contributed by atoms with Crippen LogP contribution in [0.5, 0.6) is 0 Å². The van der Waals surface area contributed by atoms with E-state index in [2.05, 4.69) is 81.4 Å². The Kier molecular flexibility index (Phi) is 7.92. The first-order chi connectivity index (χ1) is 14.4. The molecule has 2 atom stereocenters. The second kappa shape index (κ2) is 10.3. The number of hydrogen-bond donors (Lipinski definition) is 1. The number of fused-ring (bicyclic) bond motifs is 1. The number of aromatic nitrogens is 2. The average Bonchev–Trinajstić information content (AvgIpc) is 3.37. The van der Waals surface area contributed by atoms with Crippen LogP contribution < -0.4 is 5.32 Å². The van der Waals surface area contributed by atoms with Crippen LogP contribution >= 0.6 is 24.0 Å². The summed E-state index contributed by atoms with van der Waals surface area (Å²) in [6.45, 7) is 11.0. The molecule has 1 aromatic heterocycles. The standard InChI is InChI=1S/C22H32N6O2.HI/c1-22(2,3)20-25-19(26-30-20)12-24-21(23-4)28-14-17-18(15-28)29-11-10-27(17)13-16-8-6-5-7-9-16;/h5-9,17-18H,10-15H2,1-4H3,(H,23,24);1H. The molecule has 0 spiro atoms. The average molecular weight is 540 g/mol. The van der Waals surface area contributed by atoms with Crippen molar-refractivity contribution in [3.05, 3.63) is 47.6 Å². The van der Waals surface area contributed by atoms with Crippen molar-refractivity contribution >= 4 is 29.9 Å². The lowest BCUT2D eigenvalue weighted by Gasteiger charge is -2.36. The predicted octanol–water partition coefficient (Wildman–Crippen LogP) is 2.65. The first-order valence-corrected chi connectivity index (χ1v) is 10.6. The lowest BCUT2D eigenvalue weighted by atomic mass is 9.97. The molecule has 4 rings (SSSR count). The van der Waals surface area contributed by atoms with Crippen LogP contribution in [0, 0.1) is 0 Å². The Morgan fingerprint density at radius 1 is 1.23 bits per heavy atom. The molecular formula is C22H33IN6O2. The molecule has 0 amide bonds. The van der Waals surface area contributed by atoms with Crippen molar-refractivity contribution in [1.29, 1.82) is 0 Å². The minimum absolute atomic E-state index is 0. The summed E-state index contributed by atoms with van der Waals surface area (Å²) in [5.41, 5.74) is 1.18. The maximum Gasteiger partial charge on any atom is 0.232 e. The topological polar surface area (TPSA) is 79.0 Å². The monoisotopic (exact) mass is 540 g/mol. The zero-order valence-corrected chi connectivity index (χ0v) is 21.1. The molecule has 8 nitrogen and oxygen atoms in total. The van der Waals surface area contributed by atoms with Crippen LogP contribution in [-0.4, -0.2) is 71.3 Å². The summed E-state index contributed by atoms with van der Waals surface area (Å²) in [6, 6.07) is 11.0. The zero-order valence-electron chi connectivity index (χ0n) is 18.7. The molecule has 0 bridgehead atoms. The molecule has 2 unspecified atom stereocenters. The highest BCUT2D eigenvalue weighted by molar-refractivity contribution is 14.0. The van der Waals surface area contributed by atoms with Crippen LogP contribution in [-0.2, 0) is 23.2 Å². The Labute approximate surface area is 201 Å². The number of likely N-dealkylation sites (tertiary alicyclic amines) is 1. The maximum atomic E-state index is 6.09. The van der Waals surface area contributed by atoms with Crippen molar-refractivity contribution in [3.8, 4) is 0 Å². The van der Waals surface area contributed by atoms with Gasteiger partial charge in [-0.25, -0.2) is 0 Å². The van der Waals surface area contributed by atoms with Crippen LogP contribution in [0.3, 0.4) is 0 Å². The highest BCUT2D eigenvalue weighted by Crippen LogP contribution is 2.25. The molecule has 1 aromatic carbocycles. The molecule has 9 heteroatoms. The van der Waals surface area contributed by atoms with Crippen LogP contribution in [0.2, 0.25) is 0 Å². The van der Waals surface area contributed by atoms with E-state index in [0.717, 1.165) is 38.7 Å². The molecule has 2 aliphatic rings. The van der Waals surface area contributed by atoms with Crippen LogP contribution in [0.15, 0.2) is 39.8 Å². The molecule has 1 N–H and O–H groups in total. The number of hydrogen-bond acceptors (Lipinski definition) is 6. The van der Waals surface area contributed by atoms with E-state index in [-0.39, 0.29) is 35.5 Å². The minimum atomic E-state index is -0.156. The van der Waals surface area contributed by atoms with Gasteiger partial charge in [0.1, 0.15) is 0 Å². The van der Waals surface area contributed by atoms with Gasteiger partial charge in [0.05, 0.1) is 25.3 Å². The normalized spacial score (nSPS) is 22.2.